The third-order valence-corrected chi connectivity index (χ3v) is 8.62. The molecule has 0 aliphatic carbocycles. The van der Waals surface area contributed by atoms with Gasteiger partial charge in [0.15, 0.2) is 0 Å². The quantitative estimate of drug-likeness (QED) is 0.570. The molecule has 3 aromatic rings. The van der Waals surface area contributed by atoms with Gasteiger partial charge in [0.05, 0.1) is 22.0 Å². The van der Waals surface area contributed by atoms with Crippen molar-refractivity contribution < 1.29 is 13.2 Å². The van der Waals surface area contributed by atoms with Crippen LogP contribution in [0.3, 0.4) is 0 Å². The van der Waals surface area contributed by atoms with E-state index in [1.54, 1.807) is 37.7 Å². The van der Waals surface area contributed by atoms with Crippen molar-refractivity contribution in [3.05, 3.63) is 54.4 Å². The standard InChI is InChI=1S/C24H30N4O3S/c1-26-12-5-7-19(26)14-18-16-28(23-9-4-11-25-24(18)23)32(29,30)22-8-3-6-20(15-22)27-13-10-21(17-27)31-2/h3-4,6,8-9,11,15-16,19,21H,5,7,10,12-14,17H2,1-2H3/t19-,21+/m1/s1. The molecule has 170 valence electrons. The summed E-state index contributed by atoms with van der Waals surface area (Å²) in [5, 5.41) is 0. The third kappa shape index (κ3) is 3.80. The predicted molar refractivity (Wildman–Crippen MR) is 126 cm³/mol. The summed E-state index contributed by atoms with van der Waals surface area (Å²) in [6.45, 7) is 2.72. The van der Waals surface area contributed by atoms with Crippen LogP contribution in [0.5, 0.6) is 0 Å². The molecule has 0 amide bonds. The molecule has 0 unspecified atom stereocenters. The Hall–Kier alpha value is -2.42. The van der Waals surface area contributed by atoms with Gasteiger partial charge in [-0.3, -0.25) is 4.98 Å². The predicted octanol–water partition coefficient (Wildman–Crippen LogP) is 3.14. The second kappa shape index (κ2) is 8.50. The van der Waals surface area contributed by atoms with Gasteiger partial charge in [-0.15, -0.1) is 0 Å². The zero-order valence-corrected chi connectivity index (χ0v) is 19.5. The molecule has 1 aromatic carbocycles. The van der Waals surface area contributed by atoms with Crippen molar-refractivity contribution in [3.8, 4) is 0 Å². The number of fused-ring (bicyclic) bond motifs is 1. The van der Waals surface area contributed by atoms with Gasteiger partial charge in [0.2, 0.25) is 0 Å². The van der Waals surface area contributed by atoms with E-state index < -0.39 is 10.0 Å². The lowest BCUT2D eigenvalue weighted by atomic mass is 10.1. The summed E-state index contributed by atoms with van der Waals surface area (Å²) in [7, 11) is 0.103. The van der Waals surface area contributed by atoms with Gasteiger partial charge in [0.1, 0.15) is 0 Å². The number of hydrogen-bond acceptors (Lipinski definition) is 6. The summed E-state index contributed by atoms with van der Waals surface area (Å²) < 4.78 is 34.3. The molecule has 0 spiro atoms. The van der Waals surface area contributed by atoms with Crippen LogP contribution in [0.4, 0.5) is 5.69 Å². The highest BCUT2D eigenvalue weighted by molar-refractivity contribution is 7.90. The molecule has 32 heavy (non-hydrogen) atoms. The molecule has 7 nitrogen and oxygen atoms in total. The number of rotatable bonds is 6. The van der Waals surface area contributed by atoms with Crippen LogP contribution in [-0.2, 0) is 21.2 Å². The van der Waals surface area contributed by atoms with Gasteiger partial charge in [-0.2, -0.15) is 0 Å². The second-order valence-electron chi connectivity index (χ2n) is 8.90. The number of nitrogens with zero attached hydrogens (tertiary/aromatic N) is 4. The first-order valence-corrected chi connectivity index (χ1v) is 12.7. The van der Waals surface area contributed by atoms with Gasteiger partial charge in [0.25, 0.3) is 10.0 Å². The highest BCUT2D eigenvalue weighted by Crippen LogP contribution is 2.30. The summed E-state index contributed by atoms with van der Waals surface area (Å²) in [6.07, 6.45) is 7.76. The number of pyridine rings is 1. The summed E-state index contributed by atoms with van der Waals surface area (Å²) in [4.78, 5) is 9.38. The van der Waals surface area contributed by atoms with E-state index in [0.29, 0.717) is 16.5 Å². The van der Waals surface area contributed by atoms with E-state index in [0.717, 1.165) is 55.7 Å². The average molecular weight is 455 g/mol. The Balaban J connectivity index is 1.52. The van der Waals surface area contributed by atoms with Crippen molar-refractivity contribution in [2.45, 2.75) is 42.7 Å². The Kier molecular flexibility index (Phi) is 5.69. The van der Waals surface area contributed by atoms with Crippen LogP contribution in [0.1, 0.15) is 24.8 Å². The molecular weight excluding hydrogens is 424 g/mol. The molecule has 0 radical (unpaired) electrons. The number of methoxy groups -OCH3 is 1. The van der Waals surface area contributed by atoms with Gasteiger partial charge in [-0.1, -0.05) is 6.07 Å². The van der Waals surface area contributed by atoms with Crippen molar-refractivity contribution in [2.24, 2.45) is 0 Å². The van der Waals surface area contributed by atoms with Gasteiger partial charge in [0, 0.05) is 44.3 Å². The Morgan fingerprint density at radius 2 is 2.03 bits per heavy atom. The number of hydrogen-bond donors (Lipinski definition) is 0. The molecule has 2 fully saturated rings. The number of ether oxygens (including phenoxy) is 1. The van der Waals surface area contributed by atoms with E-state index >= 15 is 0 Å². The Labute approximate surface area is 189 Å². The second-order valence-corrected chi connectivity index (χ2v) is 10.7. The molecular formula is C24H30N4O3S. The summed E-state index contributed by atoms with van der Waals surface area (Å²) in [5.74, 6) is 0. The maximum absolute atomic E-state index is 13.7. The topological polar surface area (TPSA) is 67.7 Å². The smallest absolute Gasteiger partial charge is 0.268 e. The highest BCUT2D eigenvalue weighted by atomic mass is 32.2. The van der Waals surface area contributed by atoms with Gasteiger partial charge in [-0.25, -0.2) is 12.4 Å². The lowest BCUT2D eigenvalue weighted by Gasteiger charge is -2.19. The maximum atomic E-state index is 13.7. The van der Waals surface area contributed by atoms with E-state index in [2.05, 4.69) is 21.8 Å². The van der Waals surface area contributed by atoms with Crippen LogP contribution in [0.25, 0.3) is 11.0 Å². The summed E-state index contributed by atoms with van der Waals surface area (Å²) in [6, 6.07) is 11.3. The lowest BCUT2D eigenvalue weighted by molar-refractivity contribution is 0.121. The monoisotopic (exact) mass is 454 g/mol. The molecule has 0 saturated carbocycles. The molecule has 2 aliphatic heterocycles. The molecule has 5 rings (SSSR count). The first kappa shape index (κ1) is 21.4. The van der Waals surface area contributed by atoms with Gasteiger partial charge < -0.3 is 14.5 Å². The Morgan fingerprint density at radius 3 is 2.78 bits per heavy atom. The first-order valence-electron chi connectivity index (χ1n) is 11.3. The van der Waals surface area contributed by atoms with Gasteiger partial charge in [-0.05, 0) is 75.2 Å². The molecule has 2 aromatic heterocycles. The number of likely N-dealkylation sites (tertiary alicyclic amines) is 1. The fourth-order valence-electron chi connectivity index (χ4n) is 5.04. The summed E-state index contributed by atoms with van der Waals surface area (Å²) >= 11 is 0. The van der Waals surface area contributed by atoms with E-state index in [-0.39, 0.29) is 6.10 Å². The van der Waals surface area contributed by atoms with Crippen LogP contribution in [0.2, 0.25) is 0 Å². The number of anilines is 1. The third-order valence-electron chi connectivity index (χ3n) is 6.95. The largest absolute Gasteiger partial charge is 0.380 e. The van der Waals surface area contributed by atoms with E-state index in [4.69, 9.17) is 4.74 Å². The SMILES string of the molecule is CO[C@H]1CCN(c2cccc(S(=O)(=O)n3cc(C[C@H]4CCCN4C)c4ncccc43)c2)C1. The minimum Gasteiger partial charge on any atom is -0.380 e. The van der Waals surface area contributed by atoms with Crippen LogP contribution < -0.4 is 4.90 Å². The van der Waals surface area contributed by atoms with Crippen LogP contribution in [-0.4, -0.2) is 68.2 Å². The number of likely N-dealkylation sites (N-methyl/N-ethyl adjacent to an activating group) is 1. The molecule has 2 aliphatic rings. The minimum absolute atomic E-state index is 0.186. The molecule has 2 saturated heterocycles. The van der Waals surface area contributed by atoms with Gasteiger partial charge >= 0.3 is 0 Å². The highest BCUT2D eigenvalue weighted by Gasteiger charge is 2.27. The Bertz CT molecular complexity index is 1220. The van der Waals surface area contributed by atoms with E-state index in [1.165, 1.54) is 10.4 Å². The number of benzene rings is 1. The van der Waals surface area contributed by atoms with Crippen LogP contribution in [0, 0.1) is 0 Å². The van der Waals surface area contributed by atoms with Crippen molar-refractivity contribution >= 4 is 26.7 Å². The zero-order valence-electron chi connectivity index (χ0n) is 18.6. The fraction of sp³-hybridized carbons (Fsp3) is 0.458. The number of aromatic nitrogens is 2. The van der Waals surface area contributed by atoms with Crippen molar-refractivity contribution in [2.75, 3.05) is 38.7 Å². The van der Waals surface area contributed by atoms with Crippen LogP contribution in [0.15, 0.2) is 53.7 Å². The first-order chi connectivity index (χ1) is 15.5. The maximum Gasteiger partial charge on any atom is 0.268 e. The normalized spacial score (nSPS) is 22.2. The molecule has 8 heteroatoms. The molecule has 4 heterocycles. The Morgan fingerprint density at radius 1 is 1.16 bits per heavy atom. The van der Waals surface area contributed by atoms with Crippen LogP contribution >= 0.6 is 0 Å². The molecule has 0 bridgehead atoms. The lowest BCUT2D eigenvalue weighted by Crippen LogP contribution is -2.26. The molecule has 0 N–H and O–H groups in total. The van der Waals surface area contributed by atoms with Crippen molar-refractivity contribution in [3.63, 3.8) is 0 Å². The summed E-state index contributed by atoms with van der Waals surface area (Å²) in [5.41, 5.74) is 3.30. The fourth-order valence-corrected chi connectivity index (χ4v) is 6.46. The van der Waals surface area contributed by atoms with Crippen molar-refractivity contribution in [1.82, 2.24) is 13.9 Å². The average Bonchev–Trinajstić information content (AvgIpc) is 3.54. The zero-order chi connectivity index (χ0) is 22.3. The van der Waals surface area contributed by atoms with Crippen molar-refractivity contribution in [1.29, 1.82) is 0 Å². The minimum atomic E-state index is -3.76. The molecule has 2 atom stereocenters. The van der Waals surface area contributed by atoms with E-state index in [9.17, 15) is 8.42 Å². The van der Waals surface area contributed by atoms with E-state index in [1.807, 2.05) is 18.2 Å².